The lowest BCUT2D eigenvalue weighted by Gasteiger charge is -2.37. The standard InChI is InChI=1S/C27H27ClFN7O3/c1-15(39-2)32-16-7-8-17-20(13-16)33-23(37)6-4-3-5-22(26-31-14-21(17)34-26)36-12-10-19(35-27(36)38)25-24(29)18(28)9-11-30-25/h3-4,7-9,11,13-14,19,22,32H,1,5-6,10,12H2,2H3,(H,31,34)(H,33,37)(H,35,38)/b4-3+/t19-,22+/m1/s1. The average molecular weight is 552 g/mol. The number of carbonyl (C=O) groups is 2. The van der Waals surface area contributed by atoms with E-state index >= 15 is 0 Å². The van der Waals surface area contributed by atoms with Crippen LogP contribution >= 0.6 is 11.6 Å². The molecule has 202 valence electrons. The lowest BCUT2D eigenvalue weighted by molar-refractivity contribution is -0.115. The first-order chi connectivity index (χ1) is 18.8. The smallest absolute Gasteiger partial charge is 0.318 e. The van der Waals surface area contributed by atoms with Crippen LogP contribution in [-0.4, -0.2) is 45.4 Å². The number of aromatic amines is 1. The highest BCUT2D eigenvalue weighted by molar-refractivity contribution is 6.30. The second-order valence-corrected chi connectivity index (χ2v) is 9.55. The van der Waals surface area contributed by atoms with Gasteiger partial charge in [-0.1, -0.05) is 23.8 Å². The summed E-state index contributed by atoms with van der Waals surface area (Å²) in [6.07, 6.45) is 7.72. The maximum Gasteiger partial charge on any atom is 0.318 e. The number of nitrogens with one attached hydrogen (secondary N) is 4. The van der Waals surface area contributed by atoms with Crippen LogP contribution in [0.15, 0.2) is 61.3 Å². The molecule has 0 saturated carbocycles. The third kappa shape index (κ3) is 5.58. The fourth-order valence-electron chi connectivity index (χ4n) is 4.67. The molecule has 5 rings (SSSR count). The summed E-state index contributed by atoms with van der Waals surface area (Å²) in [7, 11) is 1.51. The Balaban J connectivity index is 1.43. The fourth-order valence-corrected chi connectivity index (χ4v) is 4.83. The highest BCUT2D eigenvalue weighted by Gasteiger charge is 2.34. The van der Waals surface area contributed by atoms with Gasteiger partial charge in [-0.3, -0.25) is 9.78 Å². The van der Waals surface area contributed by atoms with E-state index in [9.17, 15) is 14.0 Å². The maximum absolute atomic E-state index is 14.5. The lowest BCUT2D eigenvalue weighted by atomic mass is 10.0. The molecule has 2 bridgehead atoms. The Morgan fingerprint density at radius 2 is 2.10 bits per heavy atom. The van der Waals surface area contributed by atoms with Gasteiger partial charge in [-0.2, -0.15) is 0 Å². The number of urea groups is 1. The van der Waals surface area contributed by atoms with Crippen molar-refractivity contribution < 1.29 is 18.7 Å². The summed E-state index contributed by atoms with van der Waals surface area (Å²) < 4.78 is 19.6. The minimum absolute atomic E-state index is 0.0416. The summed E-state index contributed by atoms with van der Waals surface area (Å²) in [5.74, 6) is 0.120. The van der Waals surface area contributed by atoms with Gasteiger partial charge >= 0.3 is 6.03 Å². The average Bonchev–Trinajstić information content (AvgIpc) is 3.40. The second kappa shape index (κ2) is 11.2. The number of H-pyrrole nitrogens is 1. The molecule has 1 saturated heterocycles. The van der Waals surface area contributed by atoms with E-state index in [-0.39, 0.29) is 29.1 Å². The quantitative estimate of drug-likeness (QED) is 0.253. The van der Waals surface area contributed by atoms with Crippen LogP contribution < -0.4 is 16.0 Å². The summed E-state index contributed by atoms with van der Waals surface area (Å²) in [6, 6.07) is 5.42. The number of nitrogens with zero attached hydrogens (tertiary/aromatic N) is 3. The number of benzene rings is 1. The van der Waals surface area contributed by atoms with Crippen molar-refractivity contribution in [2.45, 2.75) is 31.3 Å². The number of anilines is 2. The summed E-state index contributed by atoms with van der Waals surface area (Å²) in [5, 5.41) is 8.79. The number of hydrogen-bond donors (Lipinski definition) is 4. The zero-order valence-corrected chi connectivity index (χ0v) is 21.9. The van der Waals surface area contributed by atoms with E-state index in [0.717, 1.165) is 5.56 Å². The van der Waals surface area contributed by atoms with Crippen LogP contribution in [0.2, 0.25) is 5.02 Å². The first-order valence-electron chi connectivity index (χ1n) is 12.3. The summed E-state index contributed by atoms with van der Waals surface area (Å²) in [5.41, 5.74) is 2.77. The second-order valence-electron chi connectivity index (χ2n) is 9.15. The van der Waals surface area contributed by atoms with Crippen LogP contribution in [0.4, 0.5) is 20.6 Å². The fraction of sp³-hybridized carbons (Fsp3) is 0.259. The predicted molar refractivity (Wildman–Crippen MR) is 145 cm³/mol. The van der Waals surface area contributed by atoms with Gasteiger partial charge in [0.05, 0.1) is 47.5 Å². The molecule has 0 spiro atoms. The number of carbonyl (C=O) groups excluding carboxylic acids is 2. The highest BCUT2D eigenvalue weighted by atomic mass is 35.5. The molecule has 2 aliphatic heterocycles. The number of imidazole rings is 1. The summed E-state index contributed by atoms with van der Waals surface area (Å²) in [6.45, 7) is 4.11. The Bertz CT molecular complexity index is 1460. The molecule has 12 heteroatoms. The molecule has 4 N–H and O–H groups in total. The number of halogens is 2. The zero-order chi connectivity index (χ0) is 27.5. The molecule has 0 radical (unpaired) electrons. The van der Waals surface area contributed by atoms with Crippen molar-refractivity contribution in [2.24, 2.45) is 0 Å². The number of ether oxygens (including phenoxy) is 1. The number of hydrogen-bond acceptors (Lipinski definition) is 6. The van der Waals surface area contributed by atoms with E-state index in [2.05, 4.69) is 37.5 Å². The van der Waals surface area contributed by atoms with Crippen LogP contribution in [-0.2, 0) is 9.53 Å². The van der Waals surface area contributed by atoms with Crippen LogP contribution in [0.1, 0.15) is 42.9 Å². The van der Waals surface area contributed by atoms with Crippen molar-refractivity contribution in [3.8, 4) is 11.3 Å². The van der Waals surface area contributed by atoms with Gasteiger partial charge in [-0.05, 0) is 43.7 Å². The number of rotatable bonds is 5. The first kappa shape index (κ1) is 26.2. The van der Waals surface area contributed by atoms with Gasteiger partial charge in [0.2, 0.25) is 5.91 Å². The Kier molecular flexibility index (Phi) is 7.51. The van der Waals surface area contributed by atoms with Gasteiger partial charge in [-0.25, -0.2) is 14.2 Å². The van der Waals surface area contributed by atoms with E-state index in [1.807, 2.05) is 18.2 Å². The first-order valence-corrected chi connectivity index (χ1v) is 12.7. The Hall–Kier alpha value is -4.38. The molecule has 2 aromatic heterocycles. The van der Waals surface area contributed by atoms with Gasteiger partial charge in [0.15, 0.2) is 11.7 Å². The van der Waals surface area contributed by atoms with E-state index in [1.54, 1.807) is 23.2 Å². The number of pyridine rings is 1. The molecule has 10 nitrogen and oxygen atoms in total. The minimum Gasteiger partial charge on any atom is -0.483 e. The highest BCUT2D eigenvalue weighted by Crippen LogP contribution is 2.35. The van der Waals surface area contributed by atoms with Crippen LogP contribution in [0.5, 0.6) is 0 Å². The lowest BCUT2D eigenvalue weighted by Crippen LogP contribution is -2.49. The van der Waals surface area contributed by atoms with Gasteiger partial charge in [0, 0.05) is 30.4 Å². The van der Waals surface area contributed by atoms with E-state index in [0.29, 0.717) is 48.2 Å². The summed E-state index contributed by atoms with van der Waals surface area (Å²) in [4.78, 5) is 39.6. The van der Waals surface area contributed by atoms with E-state index in [4.69, 9.17) is 16.3 Å². The number of fused-ring (bicyclic) bond motifs is 4. The Morgan fingerprint density at radius 3 is 2.90 bits per heavy atom. The van der Waals surface area contributed by atoms with Crippen molar-refractivity contribution in [3.63, 3.8) is 0 Å². The molecule has 3 aromatic rings. The predicted octanol–water partition coefficient (Wildman–Crippen LogP) is 5.28. The normalized spacial score (nSPS) is 20.0. The molecule has 2 aliphatic rings. The van der Waals surface area contributed by atoms with Gasteiger partial charge in [0.25, 0.3) is 0 Å². The molecular weight excluding hydrogens is 525 g/mol. The van der Waals surface area contributed by atoms with Gasteiger partial charge < -0.3 is 30.6 Å². The van der Waals surface area contributed by atoms with Gasteiger partial charge in [-0.15, -0.1) is 0 Å². The van der Waals surface area contributed by atoms with E-state index < -0.39 is 17.9 Å². The molecule has 3 amide bonds. The minimum atomic E-state index is -0.635. The molecule has 0 unspecified atom stereocenters. The summed E-state index contributed by atoms with van der Waals surface area (Å²) >= 11 is 5.92. The topological polar surface area (TPSA) is 124 Å². The van der Waals surface area contributed by atoms with Crippen molar-refractivity contribution in [1.82, 2.24) is 25.2 Å². The molecule has 39 heavy (non-hydrogen) atoms. The van der Waals surface area contributed by atoms with Crippen LogP contribution in [0, 0.1) is 5.82 Å². The largest absolute Gasteiger partial charge is 0.483 e. The number of methoxy groups -OCH3 is 1. The third-order valence-corrected chi connectivity index (χ3v) is 6.94. The monoisotopic (exact) mass is 551 g/mol. The Morgan fingerprint density at radius 1 is 1.26 bits per heavy atom. The zero-order valence-electron chi connectivity index (χ0n) is 21.1. The Labute approximate surface area is 229 Å². The van der Waals surface area contributed by atoms with Crippen molar-refractivity contribution in [2.75, 3.05) is 24.3 Å². The van der Waals surface area contributed by atoms with Crippen LogP contribution in [0.25, 0.3) is 11.3 Å². The molecular formula is C27H27ClFN7O3. The SMILES string of the molecule is C=C(Nc1ccc2c(c1)NC(=O)C/C=C/C[C@H](N1CC[C@H](c3nccc(Cl)c3F)NC1=O)c1ncc-2[nH]1)OC. The van der Waals surface area contributed by atoms with Crippen molar-refractivity contribution in [1.29, 1.82) is 0 Å². The molecule has 2 atom stereocenters. The number of amides is 3. The molecule has 1 aromatic carbocycles. The van der Waals surface area contributed by atoms with Crippen molar-refractivity contribution in [3.05, 3.63) is 83.6 Å². The van der Waals surface area contributed by atoms with Crippen molar-refractivity contribution >= 4 is 34.9 Å². The third-order valence-electron chi connectivity index (χ3n) is 6.65. The maximum atomic E-state index is 14.5. The van der Waals surface area contributed by atoms with E-state index in [1.165, 1.54) is 19.4 Å². The van der Waals surface area contributed by atoms with Crippen LogP contribution in [0.3, 0.4) is 0 Å². The molecule has 0 aliphatic carbocycles. The van der Waals surface area contributed by atoms with Gasteiger partial charge in [0.1, 0.15) is 5.82 Å². The number of aromatic nitrogens is 3. The molecule has 1 fully saturated rings. The molecule has 4 heterocycles.